The fourth-order valence-electron chi connectivity index (χ4n) is 3.08. The van der Waals surface area contributed by atoms with Gasteiger partial charge in [0.05, 0.1) is 6.54 Å². The molecule has 0 radical (unpaired) electrons. The molecule has 3 heteroatoms. The van der Waals surface area contributed by atoms with Crippen molar-refractivity contribution < 1.29 is 4.79 Å². The summed E-state index contributed by atoms with van der Waals surface area (Å²) in [5, 5.41) is 6.30. The van der Waals surface area contributed by atoms with Gasteiger partial charge in [-0.05, 0) is 70.3 Å². The molecule has 0 unspecified atom stereocenters. The molecule has 1 aliphatic rings. The summed E-state index contributed by atoms with van der Waals surface area (Å²) >= 11 is 0. The van der Waals surface area contributed by atoms with E-state index in [1.807, 2.05) is 20.8 Å². The third-order valence-corrected chi connectivity index (χ3v) is 4.30. The standard InChI is InChI=1S/C17H34N2O/c1-16(2,3)14-9-7-13(8-10-14)11-18-12-15(20)19-17(4,5)6/h13-14,18H,7-12H2,1-6H3,(H,19,20). The molecule has 0 aromatic heterocycles. The predicted octanol–water partition coefficient (Wildman–Crippen LogP) is 3.34. The Hall–Kier alpha value is -0.570. The maximum absolute atomic E-state index is 11.7. The van der Waals surface area contributed by atoms with Crippen LogP contribution in [0.3, 0.4) is 0 Å². The molecule has 3 nitrogen and oxygen atoms in total. The Morgan fingerprint density at radius 3 is 2.00 bits per heavy atom. The van der Waals surface area contributed by atoms with E-state index in [-0.39, 0.29) is 11.4 Å². The lowest BCUT2D eigenvalue weighted by Crippen LogP contribution is -2.45. The maximum Gasteiger partial charge on any atom is 0.234 e. The van der Waals surface area contributed by atoms with E-state index in [1.165, 1.54) is 25.7 Å². The second kappa shape index (κ2) is 6.93. The molecule has 1 rings (SSSR count). The van der Waals surface area contributed by atoms with Crippen LogP contribution >= 0.6 is 0 Å². The molecule has 0 bridgehead atoms. The second-order valence-electron chi connectivity index (χ2n) is 8.51. The highest BCUT2D eigenvalue weighted by Crippen LogP contribution is 2.39. The smallest absolute Gasteiger partial charge is 0.234 e. The molecular weight excluding hydrogens is 248 g/mol. The Kier molecular flexibility index (Phi) is 6.06. The molecule has 0 spiro atoms. The van der Waals surface area contributed by atoms with Gasteiger partial charge >= 0.3 is 0 Å². The Balaban J connectivity index is 2.18. The van der Waals surface area contributed by atoms with Crippen molar-refractivity contribution in [3.63, 3.8) is 0 Å². The largest absolute Gasteiger partial charge is 0.350 e. The molecule has 1 aliphatic carbocycles. The summed E-state index contributed by atoms with van der Waals surface area (Å²) in [4.78, 5) is 11.7. The van der Waals surface area contributed by atoms with E-state index < -0.39 is 0 Å². The molecule has 1 fully saturated rings. The van der Waals surface area contributed by atoms with E-state index in [9.17, 15) is 4.79 Å². The van der Waals surface area contributed by atoms with E-state index in [0.717, 1.165) is 18.4 Å². The van der Waals surface area contributed by atoms with E-state index >= 15 is 0 Å². The first-order valence-electron chi connectivity index (χ1n) is 8.09. The van der Waals surface area contributed by atoms with Gasteiger partial charge in [0.2, 0.25) is 5.91 Å². The van der Waals surface area contributed by atoms with Gasteiger partial charge in [-0.1, -0.05) is 20.8 Å². The fourth-order valence-corrected chi connectivity index (χ4v) is 3.08. The van der Waals surface area contributed by atoms with Crippen LogP contribution < -0.4 is 10.6 Å². The first-order chi connectivity index (χ1) is 9.08. The van der Waals surface area contributed by atoms with Crippen LogP contribution in [0.2, 0.25) is 0 Å². The Morgan fingerprint density at radius 1 is 1.00 bits per heavy atom. The monoisotopic (exact) mass is 282 g/mol. The molecule has 0 aromatic rings. The molecular formula is C17H34N2O. The van der Waals surface area contributed by atoms with Crippen molar-refractivity contribution in [3.05, 3.63) is 0 Å². The summed E-state index contributed by atoms with van der Waals surface area (Å²) in [5.41, 5.74) is 0.314. The molecule has 0 atom stereocenters. The topological polar surface area (TPSA) is 41.1 Å². The lowest BCUT2D eigenvalue weighted by molar-refractivity contribution is -0.121. The van der Waals surface area contributed by atoms with E-state index in [0.29, 0.717) is 12.0 Å². The third-order valence-electron chi connectivity index (χ3n) is 4.30. The number of amides is 1. The lowest BCUT2D eigenvalue weighted by Gasteiger charge is -2.37. The van der Waals surface area contributed by atoms with Crippen LogP contribution in [0.4, 0.5) is 0 Å². The minimum absolute atomic E-state index is 0.0980. The van der Waals surface area contributed by atoms with Gasteiger partial charge in [0, 0.05) is 5.54 Å². The molecule has 2 N–H and O–H groups in total. The van der Waals surface area contributed by atoms with Crippen molar-refractivity contribution in [2.75, 3.05) is 13.1 Å². The fraction of sp³-hybridized carbons (Fsp3) is 0.941. The van der Waals surface area contributed by atoms with Crippen molar-refractivity contribution in [2.45, 2.75) is 72.8 Å². The summed E-state index contributed by atoms with van der Waals surface area (Å²) in [6.07, 6.45) is 5.28. The summed E-state index contributed by atoms with van der Waals surface area (Å²) in [7, 11) is 0. The van der Waals surface area contributed by atoms with Crippen LogP contribution in [0, 0.1) is 17.3 Å². The highest BCUT2D eigenvalue weighted by atomic mass is 16.2. The van der Waals surface area contributed by atoms with Gasteiger partial charge in [-0.2, -0.15) is 0 Å². The van der Waals surface area contributed by atoms with Crippen LogP contribution in [-0.4, -0.2) is 24.5 Å². The zero-order valence-corrected chi connectivity index (χ0v) is 14.3. The van der Waals surface area contributed by atoms with Crippen LogP contribution in [0.15, 0.2) is 0 Å². The van der Waals surface area contributed by atoms with Crippen LogP contribution in [0.5, 0.6) is 0 Å². The predicted molar refractivity (Wildman–Crippen MR) is 85.7 cm³/mol. The number of carbonyl (C=O) groups is 1. The van der Waals surface area contributed by atoms with E-state index in [4.69, 9.17) is 0 Å². The highest BCUT2D eigenvalue weighted by molar-refractivity contribution is 5.78. The minimum Gasteiger partial charge on any atom is -0.350 e. The average molecular weight is 282 g/mol. The van der Waals surface area contributed by atoms with Crippen molar-refractivity contribution in [1.29, 1.82) is 0 Å². The Bertz CT molecular complexity index is 304. The van der Waals surface area contributed by atoms with Crippen LogP contribution in [0.1, 0.15) is 67.2 Å². The van der Waals surface area contributed by atoms with E-state index in [1.54, 1.807) is 0 Å². The first kappa shape index (κ1) is 17.5. The number of carbonyl (C=O) groups excluding carboxylic acids is 1. The number of rotatable bonds is 4. The SMILES string of the molecule is CC(C)(C)NC(=O)CNCC1CCC(C(C)(C)C)CC1. The molecule has 1 amide bonds. The lowest BCUT2D eigenvalue weighted by atomic mass is 9.70. The molecule has 0 aromatic carbocycles. The normalized spacial score (nSPS) is 24.5. The maximum atomic E-state index is 11.7. The highest BCUT2D eigenvalue weighted by Gasteiger charge is 2.29. The zero-order valence-electron chi connectivity index (χ0n) is 14.3. The van der Waals surface area contributed by atoms with Crippen LogP contribution in [-0.2, 0) is 4.79 Å². The first-order valence-corrected chi connectivity index (χ1v) is 8.09. The van der Waals surface area contributed by atoms with Gasteiger partial charge in [-0.3, -0.25) is 4.79 Å². The Morgan fingerprint density at radius 2 is 1.55 bits per heavy atom. The van der Waals surface area contributed by atoms with Crippen molar-refractivity contribution >= 4 is 5.91 Å². The van der Waals surface area contributed by atoms with Gasteiger partial charge in [-0.15, -0.1) is 0 Å². The Labute approximate surface area is 125 Å². The van der Waals surface area contributed by atoms with E-state index in [2.05, 4.69) is 31.4 Å². The summed E-state index contributed by atoms with van der Waals surface area (Å²) in [6.45, 7) is 14.5. The van der Waals surface area contributed by atoms with Crippen LogP contribution in [0.25, 0.3) is 0 Å². The molecule has 0 aliphatic heterocycles. The van der Waals surface area contributed by atoms with Crippen molar-refractivity contribution in [1.82, 2.24) is 10.6 Å². The van der Waals surface area contributed by atoms with Gasteiger partial charge in [0.25, 0.3) is 0 Å². The van der Waals surface area contributed by atoms with Gasteiger partial charge < -0.3 is 10.6 Å². The molecule has 1 saturated carbocycles. The molecule has 0 saturated heterocycles. The third kappa shape index (κ3) is 6.74. The number of nitrogens with one attached hydrogen (secondary N) is 2. The second-order valence-corrected chi connectivity index (χ2v) is 8.51. The summed E-state index contributed by atoms with van der Waals surface area (Å²) < 4.78 is 0. The summed E-state index contributed by atoms with van der Waals surface area (Å²) in [6, 6.07) is 0. The number of hydrogen-bond acceptors (Lipinski definition) is 2. The minimum atomic E-state index is -0.135. The van der Waals surface area contributed by atoms with Gasteiger partial charge in [-0.25, -0.2) is 0 Å². The molecule has 0 heterocycles. The van der Waals surface area contributed by atoms with Crippen molar-refractivity contribution in [2.24, 2.45) is 17.3 Å². The molecule has 20 heavy (non-hydrogen) atoms. The summed E-state index contributed by atoms with van der Waals surface area (Å²) in [5.74, 6) is 1.71. The van der Waals surface area contributed by atoms with Crippen molar-refractivity contribution in [3.8, 4) is 0 Å². The van der Waals surface area contributed by atoms with Gasteiger partial charge in [0.1, 0.15) is 0 Å². The quantitative estimate of drug-likeness (QED) is 0.830. The number of hydrogen-bond donors (Lipinski definition) is 2. The zero-order chi connectivity index (χ0) is 15.4. The van der Waals surface area contributed by atoms with Gasteiger partial charge in [0.15, 0.2) is 0 Å². The molecule has 118 valence electrons. The average Bonchev–Trinajstić information content (AvgIpc) is 2.26.